The molecule has 0 saturated carbocycles. The zero-order chi connectivity index (χ0) is 36.9. The fourth-order valence-electron chi connectivity index (χ4n) is 7.29. The number of carbonyl (C=O) groups excluding carboxylic acids is 3. The molecular weight excluding hydrogens is 674 g/mol. The second-order valence-corrected chi connectivity index (χ2v) is 14.1. The minimum Gasteiger partial charge on any atom is -0.445 e. The van der Waals surface area contributed by atoms with E-state index in [1.165, 1.54) is 4.90 Å². The van der Waals surface area contributed by atoms with Crippen LogP contribution in [-0.4, -0.2) is 75.8 Å². The largest absolute Gasteiger partial charge is 0.445 e. The van der Waals surface area contributed by atoms with Crippen molar-refractivity contribution in [2.75, 3.05) is 19.6 Å². The monoisotopic (exact) mass is 719 g/mol. The Kier molecular flexibility index (Phi) is 11.3. The summed E-state index contributed by atoms with van der Waals surface area (Å²) < 4.78 is 18.5. The third-order valence-electron chi connectivity index (χ3n) is 10.3. The number of hydrogen-bond donors (Lipinski definition) is 3. The minimum absolute atomic E-state index is 0.0252. The van der Waals surface area contributed by atoms with Crippen LogP contribution < -0.4 is 5.32 Å². The summed E-state index contributed by atoms with van der Waals surface area (Å²) in [5.74, 6) is -0.785. The molecule has 3 N–H and O–H groups in total. The van der Waals surface area contributed by atoms with E-state index in [2.05, 4.69) is 17.1 Å². The average molecular weight is 720 g/mol. The molecule has 4 aromatic rings. The Balaban J connectivity index is 1.01. The van der Waals surface area contributed by atoms with E-state index < -0.39 is 24.3 Å². The fraction of sp³-hybridized carbons (Fsp3) is 0.357. The number of imide groups is 1. The van der Waals surface area contributed by atoms with Crippen LogP contribution in [0.4, 0.5) is 4.79 Å². The summed E-state index contributed by atoms with van der Waals surface area (Å²) in [6, 6.07) is 31.7. The van der Waals surface area contributed by atoms with E-state index in [-0.39, 0.29) is 56.3 Å². The van der Waals surface area contributed by atoms with E-state index in [0.29, 0.717) is 13.1 Å². The maximum Gasteiger partial charge on any atom is 0.408 e. The molecule has 3 aliphatic rings. The molecule has 11 nitrogen and oxygen atoms in total. The molecule has 7 rings (SSSR count). The molecule has 3 aliphatic heterocycles. The first-order valence-electron chi connectivity index (χ1n) is 18.2. The van der Waals surface area contributed by atoms with Gasteiger partial charge in [-0.25, -0.2) is 4.79 Å². The Hall–Kier alpha value is -4.91. The Morgan fingerprint density at radius 2 is 1.60 bits per heavy atom. The summed E-state index contributed by atoms with van der Waals surface area (Å²) >= 11 is 0. The summed E-state index contributed by atoms with van der Waals surface area (Å²) in [5, 5.41) is 22.2. The number of ether oxygens (including phenoxy) is 3. The van der Waals surface area contributed by atoms with Crippen molar-refractivity contribution in [3.05, 3.63) is 131 Å². The highest BCUT2D eigenvalue weighted by Gasteiger charge is 2.41. The maximum atomic E-state index is 13.2. The molecule has 276 valence electrons. The van der Waals surface area contributed by atoms with E-state index in [0.717, 1.165) is 51.9 Å². The van der Waals surface area contributed by atoms with Crippen molar-refractivity contribution in [2.24, 2.45) is 5.92 Å². The van der Waals surface area contributed by atoms with Crippen LogP contribution in [0.15, 0.2) is 103 Å². The van der Waals surface area contributed by atoms with E-state index in [1.807, 2.05) is 103 Å². The lowest BCUT2D eigenvalue weighted by Gasteiger charge is -2.42. The number of nitrogens with zero attached hydrogens (tertiary/aromatic N) is 2. The molecule has 6 atom stereocenters. The predicted molar refractivity (Wildman–Crippen MR) is 196 cm³/mol. The van der Waals surface area contributed by atoms with Crippen molar-refractivity contribution in [1.82, 2.24) is 15.1 Å². The normalized spacial score (nSPS) is 24.8. The SMILES string of the molecule is C[C@@H]1[C@H](CN2CC[C@H](O)C2)O[C@H](c2ccc(-c3cccc(CN4C(=O)CC(NC(=O)OCc5ccccc5)C4=O)c3)cc2)O[C@@H]1c1ccc(CO)cc1. The van der Waals surface area contributed by atoms with Gasteiger partial charge in [-0.05, 0) is 45.9 Å². The van der Waals surface area contributed by atoms with Gasteiger partial charge >= 0.3 is 6.09 Å². The van der Waals surface area contributed by atoms with Crippen LogP contribution in [0.25, 0.3) is 11.1 Å². The highest BCUT2D eigenvalue weighted by atomic mass is 16.7. The van der Waals surface area contributed by atoms with Gasteiger partial charge in [-0.3, -0.25) is 19.4 Å². The van der Waals surface area contributed by atoms with E-state index in [4.69, 9.17) is 14.2 Å². The van der Waals surface area contributed by atoms with Crippen LogP contribution in [0.2, 0.25) is 0 Å². The summed E-state index contributed by atoms with van der Waals surface area (Å²) in [4.78, 5) is 41.8. The first-order valence-corrected chi connectivity index (χ1v) is 18.2. The van der Waals surface area contributed by atoms with Crippen molar-refractivity contribution in [2.45, 2.75) is 70.2 Å². The molecule has 3 amide bonds. The number of aliphatic hydroxyl groups excluding tert-OH is 2. The lowest BCUT2D eigenvalue weighted by Crippen LogP contribution is -2.44. The first-order chi connectivity index (χ1) is 25.7. The number of hydrogen-bond acceptors (Lipinski definition) is 9. The van der Waals surface area contributed by atoms with Crippen LogP contribution in [0, 0.1) is 5.92 Å². The number of alkyl carbamates (subject to hydrolysis) is 1. The van der Waals surface area contributed by atoms with Gasteiger partial charge < -0.3 is 29.7 Å². The molecule has 0 radical (unpaired) electrons. The highest BCUT2D eigenvalue weighted by molar-refractivity contribution is 6.06. The zero-order valence-electron chi connectivity index (χ0n) is 29.7. The lowest BCUT2D eigenvalue weighted by molar-refractivity contribution is -0.276. The van der Waals surface area contributed by atoms with Gasteiger partial charge in [-0.2, -0.15) is 0 Å². The molecule has 0 aliphatic carbocycles. The molecular formula is C42H45N3O8. The topological polar surface area (TPSA) is 138 Å². The third-order valence-corrected chi connectivity index (χ3v) is 10.3. The molecule has 3 fully saturated rings. The molecule has 0 aromatic heterocycles. The number of nitrogens with one attached hydrogen (secondary N) is 1. The molecule has 4 aromatic carbocycles. The molecule has 53 heavy (non-hydrogen) atoms. The third kappa shape index (κ3) is 8.67. The number of carbonyl (C=O) groups is 3. The number of rotatable bonds is 11. The number of amides is 3. The quantitative estimate of drug-likeness (QED) is 0.177. The number of likely N-dealkylation sites (tertiary alicyclic amines) is 2. The van der Waals surface area contributed by atoms with Crippen molar-refractivity contribution in [3.8, 4) is 11.1 Å². The fourth-order valence-corrected chi connectivity index (χ4v) is 7.29. The number of β-amino-alcohol motifs (C(OH)–C–C–N with tert-alkyl or cyclic N) is 1. The van der Waals surface area contributed by atoms with E-state index >= 15 is 0 Å². The lowest BCUT2D eigenvalue weighted by atomic mass is 9.90. The van der Waals surface area contributed by atoms with Crippen LogP contribution in [0.3, 0.4) is 0 Å². The number of benzene rings is 4. The smallest absolute Gasteiger partial charge is 0.408 e. The van der Waals surface area contributed by atoms with Crippen molar-refractivity contribution < 1.29 is 38.8 Å². The van der Waals surface area contributed by atoms with Gasteiger partial charge in [-0.15, -0.1) is 0 Å². The highest BCUT2D eigenvalue weighted by Crippen LogP contribution is 2.42. The standard InChI is InChI=1S/C42H45N3O8/c1-27-37(24-44-19-18-35(47)23-44)52-41(53-39(27)32-12-10-28(25-46)11-13-32)33-16-14-31(15-17-33)34-9-5-8-30(20-34)22-45-38(48)21-36(40(45)49)43-42(50)51-26-29-6-3-2-4-7-29/h2-17,20,27,35-37,39,41,46-47H,18-19,21-26H2,1H3,(H,43,50)/t27-,35+,36?,37+,39+,41+/m1/s1. The molecule has 0 spiro atoms. The van der Waals surface area contributed by atoms with Gasteiger partial charge in [0.05, 0.1) is 37.9 Å². The molecule has 0 bridgehead atoms. The van der Waals surface area contributed by atoms with Crippen molar-refractivity contribution in [3.63, 3.8) is 0 Å². The summed E-state index contributed by atoms with van der Waals surface area (Å²) in [5.41, 5.74) is 6.17. The molecule has 3 heterocycles. The molecule has 1 unspecified atom stereocenters. The van der Waals surface area contributed by atoms with Gasteiger partial charge in [0, 0.05) is 31.1 Å². The van der Waals surface area contributed by atoms with Crippen LogP contribution >= 0.6 is 0 Å². The van der Waals surface area contributed by atoms with Gasteiger partial charge in [0.25, 0.3) is 5.91 Å². The van der Waals surface area contributed by atoms with E-state index in [9.17, 15) is 24.6 Å². The van der Waals surface area contributed by atoms with Crippen molar-refractivity contribution in [1.29, 1.82) is 0 Å². The predicted octanol–water partition coefficient (Wildman–Crippen LogP) is 5.26. The Morgan fingerprint density at radius 1 is 0.868 bits per heavy atom. The first kappa shape index (κ1) is 36.4. The van der Waals surface area contributed by atoms with Crippen LogP contribution in [0.5, 0.6) is 0 Å². The zero-order valence-corrected chi connectivity index (χ0v) is 29.7. The summed E-state index contributed by atoms with van der Waals surface area (Å²) in [7, 11) is 0. The summed E-state index contributed by atoms with van der Waals surface area (Å²) in [6.45, 7) is 4.39. The Morgan fingerprint density at radius 3 is 2.32 bits per heavy atom. The Bertz CT molecular complexity index is 1890. The van der Waals surface area contributed by atoms with Crippen LogP contribution in [-0.2, 0) is 43.6 Å². The van der Waals surface area contributed by atoms with Gasteiger partial charge in [0.1, 0.15) is 12.6 Å². The van der Waals surface area contributed by atoms with E-state index in [1.54, 1.807) is 0 Å². The van der Waals surface area contributed by atoms with Crippen LogP contribution in [0.1, 0.15) is 60.0 Å². The van der Waals surface area contributed by atoms with Gasteiger partial charge in [0.15, 0.2) is 6.29 Å². The summed E-state index contributed by atoms with van der Waals surface area (Å²) in [6.07, 6.45) is -1.43. The minimum atomic E-state index is -0.977. The van der Waals surface area contributed by atoms with Gasteiger partial charge in [0.2, 0.25) is 5.91 Å². The Labute approximate surface area is 309 Å². The van der Waals surface area contributed by atoms with Crippen molar-refractivity contribution >= 4 is 17.9 Å². The number of aliphatic hydroxyl groups is 2. The maximum absolute atomic E-state index is 13.2. The molecule has 11 heteroatoms. The molecule has 3 saturated heterocycles. The van der Waals surface area contributed by atoms with Gasteiger partial charge in [-0.1, -0.05) is 104 Å². The second-order valence-electron chi connectivity index (χ2n) is 14.1. The second kappa shape index (κ2) is 16.4. The average Bonchev–Trinajstić information content (AvgIpc) is 3.71.